The van der Waals surface area contributed by atoms with E-state index in [2.05, 4.69) is 36.2 Å². The molecular formula is C26H22ClN9O3. The first-order chi connectivity index (χ1) is 18.9. The van der Waals surface area contributed by atoms with E-state index in [0.717, 1.165) is 5.56 Å². The van der Waals surface area contributed by atoms with Crippen molar-refractivity contribution >= 4 is 41.1 Å². The highest BCUT2D eigenvalue weighted by atomic mass is 35.5. The Morgan fingerprint density at radius 1 is 1.10 bits per heavy atom. The molecule has 0 saturated heterocycles. The fourth-order valence-corrected chi connectivity index (χ4v) is 4.11. The molecule has 1 amide bonds. The first kappa shape index (κ1) is 25.5. The normalized spacial score (nSPS) is 12.0. The van der Waals surface area contributed by atoms with Crippen LogP contribution in [0.25, 0.3) is 17.4 Å². The number of rotatable bonds is 10. The number of halogens is 1. The lowest BCUT2D eigenvalue weighted by Gasteiger charge is -2.18. The summed E-state index contributed by atoms with van der Waals surface area (Å²) < 4.78 is 2.88. The van der Waals surface area contributed by atoms with Crippen LogP contribution in [0.2, 0.25) is 5.02 Å². The maximum absolute atomic E-state index is 13.0. The quantitative estimate of drug-likeness (QED) is 0.226. The van der Waals surface area contributed by atoms with Crippen molar-refractivity contribution < 1.29 is 14.7 Å². The van der Waals surface area contributed by atoms with Gasteiger partial charge in [-0.05, 0) is 58.8 Å². The number of amides is 1. The SMILES string of the molecule is O=C(/C=C/c1cc(Cl)ccc1-n1cnnn1)N[C@H](CNc1nc2ccc(C(=O)O)cn2n1)Cc1ccccc1. The van der Waals surface area contributed by atoms with Gasteiger partial charge in [0.2, 0.25) is 11.9 Å². The molecule has 0 fully saturated rings. The molecule has 3 aromatic heterocycles. The summed E-state index contributed by atoms with van der Waals surface area (Å²) in [7, 11) is 0. The number of nitrogens with zero attached hydrogens (tertiary/aromatic N) is 7. The number of tetrazole rings is 1. The molecule has 196 valence electrons. The molecule has 0 spiro atoms. The molecule has 0 radical (unpaired) electrons. The second-order valence-electron chi connectivity index (χ2n) is 8.53. The summed E-state index contributed by atoms with van der Waals surface area (Å²) in [6.45, 7) is 0.324. The van der Waals surface area contributed by atoms with Gasteiger partial charge in [0.15, 0.2) is 5.65 Å². The molecule has 3 N–H and O–H groups in total. The summed E-state index contributed by atoms with van der Waals surface area (Å²) in [5, 5.41) is 31.4. The third-order valence-corrected chi connectivity index (χ3v) is 5.99. The molecule has 12 nitrogen and oxygen atoms in total. The van der Waals surface area contributed by atoms with Gasteiger partial charge in [-0.3, -0.25) is 4.79 Å². The lowest BCUT2D eigenvalue weighted by atomic mass is 10.1. The Bertz CT molecular complexity index is 1640. The van der Waals surface area contributed by atoms with E-state index in [1.165, 1.54) is 33.9 Å². The molecular weight excluding hydrogens is 522 g/mol. The number of hydrogen-bond acceptors (Lipinski definition) is 8. The van der Waals surface area contributed by atoms with Crippen molar-refractivity contribution in [1.29, 1.82) is 0 Å². The van der Waals surface area contributed by atoms with Crippen LogP contribution in [0.4, 0.5) is 5.95 Å². The van der Waals surface area contributed by atoms with E-state index in [9.17, 15) is 14.7 Å². The number of anilines is 1. The van der Waals surface area contributed by atoms with Gasteiger partial charge < -0.3 is 15.7 Å². The Morgan fingerprint density at radius 2 is 1.95 bits per heavy atom. The average Bonchev–Trinajstić information content (AvgIpc) is 3.61. The zero-order chi connectivity index (χ0) is 27.2. The van der Waals surface area contributed by atoms with Crippen LogP contribution in [0.15, 0.2) is 79.3 Å². The molecule has 13 heteroatoms. The summed E-state index contributed by atoms with van der Waals surface area (Å²) in [5.74, 6) is -1.05. The topological polar surface area (TPSA) is 152 Å². The van der Waals surface area contributed by atoms with E-state index in [1.54, 1.807) is 30.3 Å². The molecule has 0 saturated carbocycles. The van der Waals surface area contributed by atoms with Gasteiger partial charge >= 0.3 is 5.97 Å². The van der Waals surface area contributed by atoms with Gasteiger partial charge in [0.1, 0.15) is 6.33 Å². The van der Waals surface area contributed by atoms with Crippen molar-refractivity contribution in [1.82, 2.24) is 40.1 Å². The third-order valence-electron chi connectivity index (χ3n) is 5.76. The van der Waals surface area contributed by atoms with Gasteiger partial charge in [0, 0.05) is 29.4 Å². The maximum atomic E-state index is 13.0. The molecule has 0 aliphatic carbocycles. The second-order valence-corrected chi connectivity index (χ2v) is 8.96. The van der Waals surface area contributed by atoms with Gasteiger partial charge in [-0.15, -0.1) is 10.2 Å². The number of carbonyl (C=O) groups excluding carboxylic acids is 1. The second kappa shape index (κ2) is 11.5. The van der Waals surface area contributed by atoms with Crippen LogP contribution in [-0.2, 0) is 11.2 Å². The van der Waals surface area contributed by atoms with Gasteiger partial charge in [-0.2, -0.15) is 9.67 Å². The number of pyridine rings is 1. The molecule has 0 bridgehead atoms. The molecule has 0 aliphatic heterocycles. The van der Waals surface area contributed by atoms with Gasteiger partial charge in [-0.1, -0.05) is 41.9 Å². The zero-order valence-corrected chi connectivity index (χ0v) is 21.1. The monoisotopic (exact) mass is 543 g/mol. The van der Waals surface area contributed by atoms with Crippen molar-refractivity contribution in [3.8, 4) is 5.69 Å². The highest BCUT2D eigenvalue weighted by Gasteiger charge is 2.15. The Morgan fingerprint density at radius 3 is 2.72 bits per heavy atom. The molecule has 5 aromatic rings. The number of carboxylic acids is 1. The molecule has 2 aromatic carbocycles. The lowest BCUT2D eigenvalue weighted by Crippen LogP contribution is -2.40. The number of hydrogen-bond donors (Lipinski definition) is 3. The summed E-state index contributed by atoms with van der Waals surface area (Å²) in [6.07, 6.45) is 6.47. The smallest absolute Gasteiger partial charge is 0.337 e. The van der Waals surface area contributed by atoms with Crippen molar-refractivity contribution in [2.75, 3.05) is 11.9 Å². The summed E-state index contributed by atoms with van der Waals surface area (Å²) in [5.41, 5.74) is 2.97. The molecule has 5 rings (SSSR count). The van der Waals surface area contributed by atoms with E-state index in [1.807, 2.05) is 30.3 Å². The summed E-state index contributed by atoms with van der Waals surface area (Å²) >= 11 is 6.17. The number of fused-ring (bicyclic) bond motifs is 1. The van der Waals surface area contributed by atoms with E-state index >= 15 is 0 Å². The van der Waals surface area contributed by atoms with Gasteiger partial charge in [0.25, 0.3) is 0 Å². The van der Waals surface area contributed by atoms with Crippen LogP contribution in [0.1, 0.15) is 21.5 Å². The van der Waals surface area contributed by atoms with E-state index in [0.29, 0.717) is 40.8 Å². The average molecular weight is 544 g/mol. The summed E-state index contributed by atoms with van der Waals surface area (Å²) in [4.78, 5) is 28.6. The fraction of sp³-hybridized carbons (Fsp3) is 0.115. The number of carboxylic acid groups (broad SMARTS) is 1. The fourth-order valence-electron chi connectivity index (χ4n) is 3.93. The van der Waals surface area contributed by atoms with Crippen LogP contribution in [0.5, 0.6) is 0 Å². The third kappa shape index (κ3) is 6.43. The van der Waals surface area contributed by atoms with Crippen LogP contribution in [0, 0.1) is 0 Å². The minimum Gasteiger partial charge on any atom is -0.478 e. The Balaban J connectivity index is 1.31. The van der Waals surface area contributed by atoms with E-state index < -0.39 is 5.97 Å². The molecule has 0 aliphatic rings. The predicted octanol–water partition coefficient (Wildman–Crippen LogP) is 2.91. The Kier molecular flexibility index (Phi) is 7.55. The zero-order valence-electron chi connectivity index (χ0n) is 20.3. The highest BCUT2D eigenvalue weighted by Crippen LogP contribution is 2.20. The van der Waals surface area contributed by atoms with Crippen LogP contribution < -0.4 is 10.6 Å². The molecule has 3 heterocycles. The number of benzene rings is 2. The number of nitrogens with one attached hydrogen (secondary N) is 2. The molecule has 39 heavy (non-hydrogen) atoms. The predicted molar refractivity (Wildman–Crippen MR) is 144 cm³/mol. The highest BCUT2D eigenvalue weighted by molar-refractivity contribution is 6.30. The van der Waals surface area contributed by atoms with Crippen molar-refractivity contribution in [3.05, 3.63) is 101 Å². The van der Waals surface area contributed by atoms with Gasteiger partial charge in [0.05, 0.1) is 17.3 Å². The minimum atomic E-state index is -1.05. The van der Waals surface area contributed by atoms with Crippen molar-refractivity contribution in [2.45, 2.75) is 12.5 Å². The first-order valence-electron chi connectivity index (χ1n) is 11.8. The van der Waals surface area contributed by atoms with Crippen molar-refractivity contribution in [2.24, 2.45) is 0 Å². The number of aromatic carboxylic acids is 1. The summed E-state index contributed by atoms with van der Waals surface area (Å²) in [6, 6.07) is 17.7. The number of carbonyl (C=O) groups is 2. The van der Waals surface area contributed by atoms with E-state index in [4.69, 9.17) is 11.6 Å². The van der Waals surface area contributed by atoms with Crippen LogP contribution >= 0.6 is 11.6 Å². The standard InChI is InChI=1S/C26H22ClN9O3/c27-20-8-9-22(36-16-29-33-34-36)18(13-20)7-11-24(37)30-21(12-17-4-2-1-3-5-17)14-28-26-31-23-10-6-19(25(38)39)15-35(23)32-26/h1-11,13,15-16,21H,12,14H2,(H,28,32)(H,30,37)(H,38,39)/b11-7+/t21-/m0/s1. The van der Waals surface area contributed by atoms with Crippen molar-refractivity contribution in [3.63, 3.8) is 0 Å². The Labute approximate surface area is 226 Å². The van der Waals surface area contributed by atoms with E-state index in [-0.39, 0.29) is 17.5 Å². The first-order valence-corrected chi connectivity index (χ1v) is 12.2. The lowest BCUT2D eigenvalue weighted by molar-refractivity contribution is -0.117. The maximum Gasteiger partial charge on any atom is 0.337 e. The molecule has 0 unspecified atom stereocenters. The Hall–Kier alpha value is -5.10. The van der Waals surface area contributed by atoms with Gasteiger partial charge in [-0.25, -0.2) is 9.31 Å². The largest absolute Gasteiger partial charge is 0.478 e. The van der Waals surface area contributed by atoms with Crippen LogP contribution in [-0.4, -0.2) is 64.4 Å². The minimum absolute atomic E-state index is 0.0999. The number of aromatic nitrogens is 7. The van der Waals surface area contributed by atoms with Crippen LogP contribution in [0.3, 0.4) is 0 Å². The molecule has 1 atom stereocenters.